The topological polar surface area (TPSA) is 15.3 Å². The number of nitrogens with one attached hydrogen (secondary N) is 1. The van der Waals surface area contributed by atoms with E-state index in [0.29, 0.717) is 12.6 Å². The van der Waals surface area contributed by atoms with E-state index in [-0.39, 0.29) is 0 Å². The molecule has 0 aromatic heterocycles. The maximum Gasteiger partial charge on any atom is 0.110 e. The average molecular weight is 202 g/mol. The van der Waals surface area contributed by atoms with Crippen LogP contribution in [0, 0.1) is 5.92 Å². The van der Waals surface area contributed by atoms with Gasteiger partial charge in [0.15, 0.2) is 0 Å². The van der Waals surface area contributed by atoms with Crippen LogP contribution in [0.4, 0.5) is 4.39 Å². The molecular formula is C11H23FN2. The van der Waals surface area contributed by atoms with Gasteiger partial charge in [0.1, 0.15) is 6.17 Å². The lowest BCUT2D eigenvalue weighted by Gasteiger charge is -2.20. The zero-order valence-electron chi connectivity index (χ0n) is 9.59. The molecular weight excluding hydrogens is 179 g/mol. The first kappa shape index (κ1) is 11.9. The molecule has 84 valence electrons. The van der Waals surface area contributed by atoms with Gasteiger partial charge in [0.25, 0.3) is 0 Å². The van der Waals surface area contributed by atoms with E-state index in [4.69, 9.17) is 0 Å². The Balaban J connectivity index is 2.10. The molecule has 1 rings (SSSR count). The van der Waals surface area contributed by atoms with Crippen LogP contribution in [0.3, 0.4) is 0 Å². The van der Waals surface area contributed by atoms with Crippen molar-refractivity contribution in [3.05, 3.63) is 0 Å². The van der Waals surface area contributed by atoms with Crippen molar-refractivity contribution in [1.82, 2.24) is 10.2 Å². The summed E-state index contributed by atoms with van der Waals surface area (Å²) >= 11 is 0. The fraction of sp³-hybridized carbons (Fsp3) is 1.00. The van der Waals surface area contributed by atoms with Gasteiger partial charge in [-0.1, -0.05) is 0 Å². The minimum absolute atomic E-state index is 0.498. The lowest BCUT2D eigenvalue weighted by molar-refractivity contribution is 0.262. The summed E-state index contributed by atoms with van der Waals surface area (Å²) in [5.41, 5.74) is 0. The predicted octanol–water partition coefficient (Wildman–Crippen LogP) is 1.66. The summed E-state index contributed by atoms with van der Waals surface area (Å²) in [6.45, 7) is 9.91. The quantitative estimate of drug-likeness (QED) is 0.729. The molecule has 1 saturated heterocycles. The Morgan fingerprint density at radius 2 is 2.14 bits per heavy atom. The summed E-state index contributed by atoms with van der Waals surface area (Å²) in [6, 6.07) is 0.653. The Morgan fingerprint density at radius 3 is 2.64 bits per heavy atom. The normalized spacial score (nSPS) is 25.9. The molecule has 0 aromatic carbocycles. The van der Waals surface area contributed by atoms with E-state index in [2.05, 4.69) is 24.1 Å². The monoisotopic (exact) mass is 202 g/mol. The van der Waals surface area contributed by atoms with Gasteiger partial charge in [-0.15, -0.1) is 0 Å². The molecule has 2 unspecified atom stereocenters. The van der Waals surface area contributed by atoms with Crippen LogP contribution in [-0.2, 0) is 0 Å². The van der Waals surface area contributed by atoms with Crippen LogP contribution < -0.4 is 5.32 Å². The van der Waals surface area contributed by atoms with Gasteiger partial charge in [0, 0.05) is 19.1 Å². The summed E-state index contributed by atoms with van der Waals surface area (Å²) in [7, 11) is 0. The SMILES string of the molecule is CC(F)CNCC1CCN(C(C)C)C1. The summed E-state index contributed by atoms with van der Waals surface area (Å²) in [6.07, 6.45) is 0.531. The van der Waals surface area contributed by atoms with Crippen molar-refractivity contribution in [2.45, 2.75) is 39.4 Å². The van der Waals surface area contributed by atoms with Crippen molar-refractivity contribution in [3.63, 3.8) is 0 Å². The van der Waals surface area contributed by atoms with Gasteiger partial charge in [0.2, 0.25) is 0 Å². The lowest BCUT2D eigenvalue weighted by Crippen LogP contribution is -2.32. The zero-order chi connectivity index (χ0) is 10.6. The standard InChI is InChI=1S/C11H23FN2/c1-9(2)14-5-4-11(8-14)7-13-6-10(3)12/h9-11,13H,4-8H2,1-3H3. The second-order valence-electron chi connectivity index (χ2n) is 4.68. The number of rotatable bonds is 5. The van der Waals surface area contributed by atoms with E-state index in [0.717, 1.165) is 12.5 Å². The van der Waals surface area contributed by atoms with E-state index in [1.807, 2.05) is 0 Å². The molecule has 2 nitrogen and oxygen atoms in total. The molecule has 1 aliphatic heterocycles. The first-order chi connectivity index (χ1) is 6.59. The third kappa shape index (κ3) is 3.93. The van der Waals surface area contributed by atoms with Gasteiger partial charge >= 0.3 is 0 Å². The Bertz CT molecular complexity index is 159. The summed E-state index contributed by atoms with van der Waals surface area (Å²) < 4.78 is 12.5. The zero-order valence-corrected chi connectivity index (χ0v) is 9.59. The van der Waals surface area contributed by atoms with Crippen LogP contribution >= 0.6 is 0 Å². The van der Waals surface area contributed by atoms with Crippen molar-refractivity contribution in [2.75, 3.05) is 26.2 Å². The molecule has 3 heteroatoms. The fourth-order valence-electron chi connectivity index (χ4n) is 1.98. The van der Waals surface area contributed by atoms with Crippen molar-refractivity contribution in [2.24, 2.45) is 5.92 Å². The molecule has 0 aromatic rings. The van der Waals surface area contributed by atoms with Crippen molar-refractivity contribution in [3.8, 4) is 0 Å². The summed E-state index contributed by atoms with van der Waals surface area (Å²) in [5.74, 6) is 0.719. The fourth-order valence-corrected chi connectivity index (χ4v) is 1.98. The Hall–Kier alpha value is -0.150. The van der Waals surface area contributed by atoms with E-state index in [9.17, 15) is 4.39 Å². The summed E-state index contributed by atoms with van der Waals surface area (Å²) in [5, 5.41) is 3.18. The minimum Gasteiger partial charge on any atom is -0.314 e. The number of likely N-dealkylation sites (tertiary alicyclic amines) is 1. The molecule has 1 N–H and O–H groups in total. The molecule has 0 radical (unpaired) electrons. The second kappa shape index (κ2) is 5.66. The highest BCUT2D eigenvalue weighted by Gasteiger charge is 2.23. The highest BCUT2D eigenvalue weighted by Crippen LogP contribution is 2.17. The molecule has 0 saturated carbocycles. The first-order valence-electron chi connectivity index (χ1n) is 5.68. The Labute approximate surface area is 86.9 Å². The highest BCUT2D eigenvalue weighted by molar-refractivity contribution is 4.79. The Kier molecular flexibility index (Phi) is 4.82. The molecule has 2 atom stereocenters. The molecule has 1 aliphatic rings. The first-order valence-corrected chi connectivity index (χ1v) is 5.68. The van der Waals surface area contributed by atoms with Crippen LogP contribution in [0.1, 0.15) is 27.2 Å². The van der Waals surface area contributed by atoms with Crippen LogP contribution in [0.5, 0.6) is 0 Å². The molecule has 0 spiro atoms. The van der Waals surface area contributed by atoms with Crippen LogP contribution in [0.2, 0.25) is 0 Å². The molecule has 0 amide bonds. The van der Waals surface area contributed by atoms with Gasteiger partial charge in [-0.2, -0.15) is 0 Å². The maximum absolute atomic E-state index is 12.5. The molecule has 0 bridgehead atoms. The minimum atomic E-state index is -0.724. The lowest BCUT2D eigenvalue weighted by atomic mass is 10.1. The number of nitrogens with zero attached hydrogens (tertiary/aromatic N) is 1. The largest absolute Gasteiger partial charge is 0.314 e. The number of hydrogen-bond donors (Lipinski definition) is 1. The van der Waals surface area contributed by atoms with Gasteiger partial charge in [-0.25, -0.2) is 4.39 Å². The molecule has 1 fully saturated rings. The average Bonchev–Trinajstić information content (AvgIpc) is 2.52. The second-order valence-corrected chi connectivity index (χ2v) is 4.68. The Morgan fingerprint density at radius 1 is 1.43 bits per heavy atom. The van der Waals surface area contributed by atoms with E-state index < -0.39 is 6.17 Å². The number of hydrogen-bond acceptors (Lipinski definition) is 2. The van der Waals surface area contributed by atoms with Crippen molar-refractivity contribution >= 4 is 0 Å². The van der Waals surface area contributed by atoms with Crippen LogP contribution in [0.25, 0.3) is 0 Å². The van der Waals surface area contributed by atoms with E-state index in [1.165, 1.54) is 19.5 Å². The van der Waals surface area contributed by atoms with Gasteiger partial charge in [-0.3, -0.25) is 0 Å². The molecule has 1 heterocycles. The molecule has 0 aliphatic carbocycles. The van der Waals surface area contributed by atoms with Gasteiger partial charge < -0.3 is 10.2 Å². The van der Waals surface area contributed by atoms with E-state index >= 15 is 0 Å². The predicted molar refractivity (Wildman–Crippen MR) is 58.3 cm³/mol. The highest BCUT2D eigenvalue weighted by atomic mass is 19.1. The third-order valence-electron chi connectivity index (χ3n) is 2.91. The number of alkyl halides is 1. The maximum atomic E-state index is 12.5. The van der Waals surface area contributed by atoms with Crippen LogP contribution in [-0.4, -0.2) is 43.3 Å². The summed E-state index contributed by atoms with van der Waals surface area (Å²) in [4.78, 5) is 2.49. The number of halogens is 1. The van der Waals surface area contributed by atoms with Crippen LogP contribution in [0.15, 0.2) is 0 Å². The van der Waals surface area contributed by atoms with Crippen molar-refractivity contribution < 1.29 is 4.39 Å². The third-order valence-corrected chi connectivity index (χ3v) is 2.91. The molecule has 14 heavy (non-hydrogen) atoms. The van der Waals surface area contributed by atoms with Gasteiger partial charge in [0.05, 0.1) is 0 Å². The van der Waals surface area contributed by atoms with E-state index in [1.54, 1.807) is 6.92 Å². The smallest absolute Gasteiger partial charge is 0.110 e. The van der Waals surface area contributed by atoms with Crippen molar-refractivity contribution in [1.29, 1.82) is 0 Å². The van der Waals surface area contributed by atoms with Gasteiger partial charge in [-0.05, 0) is 46.2 Å².